The average molecular weight is 389 g/mol. The van der Waals surface area contributed by atoms with E-state index in [4.69, 9.17) is 9.72 Å². The molecule has 2 heterocycles. The van der Waals surface area contributed by atoms with Gasteiger partial charge in [-0.25, -0.2) is 4.98 Å². The summed E-state index contributed by atoms with van der Waals surface area (Å²) in [6.45, 7) is 9.56. The van der Waals surface area contributed by atoms with Gasteiger partial charge >= 0.3 is 0 Å². The molecule has 0 N–H and O–H groups in total. The molecule has 0 bridgehead atoms. The van der Waals surface area contributed by atoms with Crippen LogP contribution in [0.3, 0.4) is 0 Å². The van der Waals surface area contributed by atoms with Crippen LogP contribution in [0.15, 0.2) is 40.3 Å². The Balaban J connectivity index is 1.82. The highest BCUT2D eigenvalue weighted by atomic mass is 32.2. The Morgan fingerprint density at radius 3 is 2.65 bits per heavy atom. The van der Waals surface area contributed by atoms with Gasteiger partial charge in [0, 0.05) is 17.2 Å². The minimum atomic E-state index is 0.0806. The lowest BCUT2D eigenvalue weighted by molar-refractivity contribution is 0.343. The van der Waals surface area contributed by atoms with E-state index in [0.29, 0.717) is 19.1 Å². The molecule has 1 aromatic carbocycles. The van der Waals surface area contributed by atoms with Crippen LogP contribution in [0.5, 0.6) is 5.75 Å². The molecule has 4 nitrogen and oxygen atoms in total. The number of para-hydroxylation sites is 1. The number of benzene rings is 1. The second kappa shape index (κ2) is 8.27. The van der Waals surface area contributed by atoms with Crippen molar-refractivity contribution in [1.82, 2.24) is 9.55 Å². The van der Waals surface area contributed by atoms with E-state index in [1.165, 1.54) is 0 Å². The third-order valence-electron chi connectivity index (χ3n) is 4.13. The van der Waals surface area contributed by atoms with E-state index in [1.807, 2.05) is 41.8 Å². The number of rotatable bonds is 7. The molecule has 0 radical (unpaired) electrons. The summed E-state index contributed by atoms with van der Waals surface area (Å²) in [4.78, 5) is 19.9. The van der Waals surface area contributed by atoms with E-state index >= 15 is 0 Å². The van der Waals surface area contributed by atoms with Crippen LogP contribution in [0.2, 0.25) is 0 Å². The van der Waals surface area contributed by atoms with Crippen molar-refractivity contribution >= 4 is 33.3 Å². The summed E-state index contributed by atoms with van der Waals surface area (Å²) >= 11 is 3.19. The van der Waals surface area contributed by atoms with Gasteiger partial charge in [0.25, 0.3) is 5.56 Å². The van der Waals surface area contributed by atoms with Gasteiger partial charge in [0.1, 0.15) is 10.6 Å². The van der Waals surface area contributed by atoms with Gasteiger partial charge in [0.2, 0.25) is 0 Å². The van der Waals surface area contributed by atoms with Gasteiger partial charge < -0.3 is 4.74 Å². The maximum Gasteiger partial charge on any atom is 0.263 e. The second-order valence-corrected chi connectivity index (χ2v) is 8.94. The van der Waals surface area contributed by atoms with Crippen LogP contribution < -0.4 is 10.3 Å². The van der Waals surface area contributed by atoms with Crippen LogP contribution in [-0.2, 0) is 6.54 Å². The summed E-state index contributed by atoms with van der Waals surface area (Å²) in [5.41, 5.74) is 1.14. The van der Waals surface area contributed by atoms with Gasteiger partial charge in [0.05, 0.1) is 12.0 Å². The van der Waals surface area contributed by atoms with Crippen LogP contribution in [0, 0.1) is 19.8 Å². The van der Waals surface area contributed by atoms with Crippen LogP contribution in [0.25, 0.3) is 10.2 Å². The third-order valence-corrected chi connectivity index (χ3v) is 6.17. The first-order valence-electron chi connectivity index (χ1n) is 8.78. The molecule has 26 heavy (non-hydrogen) atoms. The number of aryl methyl sites for hydroxylation is 2. The summed E-state index contributed by atoms with van der Waals surface area (Å²) in [6, 6.07) is 9.78. The Morgan fingerprint density at radius 1 is 1.23 bits per heavy atom. The van der Waals surface area contributed by atoms with Crippen molar-refractivity contribution in [2.45, 2.75) is 39.4 Å². The topological polar surface area (TPSA) is 44.1 Å². The van der Waals surface area contributed by atoms with Crippen LogP contribution in [0.4, 0.5) is 0 Å². The molecule has 0 unspecified atom stereocenters. The molecule has 0 saturated carbocycles. The van der Waals surface area contributed by atoms with Crippen molar-refractivity contribution in [2.75, 3.05) is 12.4 Å². The van der Waals surface area contributed by atoms with Crippen molar-refractivity contribution in [3.05, 3.63) is 51.1 Å². The van der Waals surface area contributed by atoms with Gasteiger partial charge in [-0.2, -0.15) is 0 Å². The van der Waals surface area contributed by atoms with Gasteiger partial charge in [-0.3, -0.25) is 9.36 Å². The van der Waals surface area contributed by atoms with Gasteiger partial charge in [0.15, 0.2) is 5.16 Å². The Bertz CT molecular complexity index is 946. The van der Waals surface area contributed by atoms with Crippen LogP contribution in [-0.4, -0.2) is 21.9 Å². The zero-order valence-corrected chi connectivity index (χ0v) is 17.2. The summed E-state index contributed by atoms with van der Waals surface area (Å²) in [5, 5.41) is 1.56. The summed E-state index contributed by atoms with van der Waals surface area (Å²) in [6.07, 6.45) is 0. The molecule has 0 amide bonds. The number of thioether (sulfide) groups is 1. The van der Waals surface area contributed by atoms with Crippen LogP contribution >= 0.6 is 23.1 Å². The first-order chi connectivity index (χ1) is 12.5. The smallest absolute Gasteiger partial charge is 0.263 e. The van der Waals surface area contributed by atoms with Crippen molar-refractivity contribution in [3.63, 3.8) is 0 Å². The highest BCUT2D eigenvalue weighted by molar-refractivity contribution is 7.99. The van der Waals surface area contributed by atoms with E-state index in [0.717, 1.165) is 37.3 Å². The number of fused-ring (bicyclic) bond motifs is 1. The fourth-order valence-corrected chi connectivity index (χ4v) is 4.65. The maximum absolute atomic E-state index is 13.1. The maximum atomic E-state index is 13.1. The number of nitrogens with zero attached hydrogens (tertiary/aromatic N) is 2. The Morgan fingerprint density at radius 2 is 1.96 bits per heavy atom. The first kappa shape index (κ1) is 19.0. The quantitative estimate of drug-likeness (QED) is 0.328. The predicted octanol–water partition coefficient (Wildman–Crippen LogP) is 4.90. The first-order valence-corrected chi connectivity index (χ1v) is 10.6. The van der Waals surface area contributed by atoms with E-state index in [2.05, 4.69) is 20.8 Å². The molecule has 0 aliphatic heterocycles. The molecule has 0 fully saturated rings. The Labute approximate surface area is 162 Å². The predicted molar refractivity (Wildman–Crippen MR) is 111 cm³/mol. The van der Waals surface area contributed by atoms with E-state index in [9.17, 15) is 4.79 Å². The van der Waals surface area contributed by atoms with Crippen molar-refractivity contribution in [1.29, 1.82) is 0 Å². The number of thiophene rings is 1. The summed E-state index contributed by atoms with van der Waals surface area (Å²) < 4.78 is 7.59. The Hall–Kier alpha value is -1.79. The zero-order chi connectivity index (χ0) is 18.7. The van der Waals surface area contributed by atoms with Gasteiger partial charge in [-0.15, -0.1) is 11.3 Å². The molecule has 0 saturated heterocycles. The lowest BCUT2D eigenvalue weighted by Gasteiger charge is -2.14. The molecule has 6 heteroatoms. The number of aromatic nitrogens is 2. The molecular weight excluding hydrogens is 364 g/mol. The number of hydrogen-bond acceptors (Lipinski definition) is 5. The molecule has 0 spiro atoms. The van der Waals surface area contributed by atoms with E-state index in [-0.39, 0.29) is 5.56 Å². The SMILES string of the molecule is Cc1sc2nc(SCCOc3ccccc3)n(CC(C)C)c(=O)c2c1C. The third kappa shape index (κ3) is 4.13. The Kier molecular flexibility index (Phi) is 6.04. The van der Waals surface area contributed by atoms with Crippen molar-refractivity contribution in [2.24, 2.45) is 5.92 Å². The van der Waals surface area contributed by atoms with Crippen LogP contribution in [0.1, 0.15) is 24.3 Å². The summed E-state index contributed by atoms with van der Waals surface area (Å²) in [7, 11) is 0. The van der Waals surface area contributed by atoms with E-state index < -0.39 is 0 Å². The molecule has 0 aliphatic carbocycles. The highest BCUT2D eigenvalue weighted by Gasteiger charge is 2.17. The minimum absolute atomic E-state index is 0.0806. The fraction of sp³-hybridized carbons (Fsp3) is 0.400. The molecule has 3 rings (SSSR count). The number of ether oxygens (including phenoxy) is 1. The van der Waals surface area contributed by atoms with Crippen molar-refractivity contribution in [3.8, 4) is 5.75 Å². The average Bonchev–Trinajstić information content (AvgIpc) is 2.90. The lowest BCUT2D eigenvalue weighted by atomic mass is 10.2. The summed E-state index contributed by atoms with van der Waals surface area (Å²) in [5.74, 6) is 1.99. The molecule has 2 aromatic heterocycles. The number of hydrogen-bond donors (Lipinski definition) is 0. The lowest BCUT2D eigenvalue weighted by Crippen LogP contribution is -2.25. The second-order valence-electron chi connectivity index (χ2n) is 6.68. The monoisotopic (exact) mass is 388 g/mol. The molecule has 0 atom stereocenters. The standard InChI is InChI=1S/C20H24N2O2S2/c1-13(2)12-22-19(23)17-14(3)15(4)26-18(17)21-20(22)25-11-10-24-16-8-6-5-7-9-16/h5-9,13H,10-12H2,1-4H3. The van der Waals surface area contributed by atoms with Gasteiger partial charge in [-0.05, 0) is 37.5 Å². The molecular formula is C20H24N2O2S2. The van der Waals surface area contributed by atoms with E-state index in [1.54, 1.807) is 23.1 Å². The normalized spacial score (nSPS) is 11.4. The molecule has 3 aromatic rings. The zero-order valence-electron chi connectivity index (χ0n) is 15.6. The van der Waals surface area contributed by atoms with Crippen molar-refractivity contribution < 1.29 is 4.74 Å². The molecule has 138 valence electrons. The minimum Gasteiger partial charge on any atom is -0.493 e. The fourth-order valence-electron chi connectivity index (χ4n) is 2.75. The molecule has 0 aliphatic rings. The van der Waals surface area contributed by atoms with Gasteiger partial charge in [-0.1, -0.05) is 43.8 Å². The largest absolute Gasteiger partial charge is 0.493 e. The highest BCUT2D eigenvalue weighted by Crippen LogP contribution is 2.28.